The summed E-state index contributed by atoms with van der Waals surface area (Å²) in [5.74, 6) is -0.0983. The lowest BCUT2D eigenvalue weighted by Gasteiger charge is -2.32. The number of aliphatic carboxylic acids is 1. The highest BCUT2D eigenvalue weighted by Crippen LogP contribution is 2.15. The standard InChI is InChI=1S/C20H30N2O5/c1-20(2,3)27-19(25)21-16-8-10-22(11-9-16)12-13-26-17-6-4-15(5-7-17)14-18(23)24/h4-7,16H,8-14H2,1-3H3,(H,21,25)(H,23,24). The summed E-state index contributed by atoms with van der Waals surface area (Å²) in [7, 11) is 0. The van der Waals surface area contributed by atoms with Crippen LogP contribution in [0.5, 0.6) is 5.75 Å². The molecule has 1 fully saturated rings. The Morgan fingerprint density at radius 2 is 1.81 bits per heavy atom. The average Bonchev–Trinajstić information content (AvgIpc) is 2.56. The Morgan fingerprint density at radius 3 is 2.37 bits per heavy atom. The lowest BCUT2D eigenvalue weighted by Crippen LogP contribution is -2.46. The van der Waals surface area contributed by atoms with Gasteiger partial charge in [-0.25, -0.2) is 4.79 Å². The number of hydrogen-bond donors (Lipinski definition) is 2. The third-order valence-electron chi connectivity index (χ3n) is 4.26. The lowest BCUT2D eigenvalue weighted by atomic mass is 10.1. The number of carbonyl (C=O) groups excluding carboxylic acids is 1. The highest BCUT2D eigenvalue weighted by Gasteiger charge is 2.23. The van der Waals surface area contributed by atoms with Crippen molar-refractivity contribution in [2.24, 2.45) is 0 Å². The second-order valence-corrected chi connectivity index (χ2v) is 7.83. The molecule has 1 saturated heterocycles. The molecular weight excluding hydrogens is 348 g/mol. The number of nitrogens with one attached hydrogen (secondary N) is 1. The van der Waals surface area contributed by atoms with E-state index in [2.05, 4.69) is 10.2 Å². The molecule has 1 heterocycles. The van der Waals surface area contributed by atoms with Crippen LogP contribution in [0.1, 0.15) is 39.2 Å². The van der Waals surface area contributed by atoms with Gasteiger partial charge in [-0.1, -0.05) is 12.1 Å². The Balaban J connectivity index is 1.63. The summed E-state index contributed by atoms with van der Waals surface area (Å²) in [6, 6.07) is 7.30. The first-order valence-corrected chi connectivity index (χ1v) is 9.37. The number of ether oxygens (including phenoxy) is 2. The zero-order valence-corrected chi connectivity index (χ0v) is 16.4. The largest absolute Gasteiger partial charge is 0.492 e. The Morgan fingerprint density at radius 1 is 1.19 bits per heavy atom. The summed E-state index contributed by atoms with van der Waals surface area (Å²) >= 11 is 0. The molecule has 0 spiro atoms. The van der Waals surface area contributed by atoms with Crippen LogP contribution in [-0.4, -0.2) is 60.0 Å². The number of rotatable bonds is 7. The van der Waals surface area contributed by atoms with E-state index in [9.17, 15) is 9.59 Å². The fourth-order valence-electron chi connectivity index (χ4n) is 2.95. The zero-order valence-electron chi connectivity index (χ0n) is 16.4. The molecule has 27 heavy (non-hydrogen) atoms. The van der Waals surface area contributed by atoms with Crippen molar-refractivity contribution < 1.29 is 24.2 Å². The molecule has 150 valence electrons. The van der Waals surface area contributed by atoms with Crippen LogP contribution >= 0.6 is 0 Å². The van der Waals surface area contributed by atoms with Gasteiger partial charge in [0.15, 0.2) is 0 Å². The number of likely N-dealkylation sites (tertiary alicyclic amines) is 1. The summed E-state index contributed by atoms with van der Waals surface area (Å²) in [4.78, 5) is 24.8. The van der Waals surface area contributed by atoms with E-state index in [1.807, 2.05) is 20.8 Å². The van der Waals surface area contributed by atoms with Gasteiger partial charge >= 0.3 is 12.1 Å². The third kappa shape index (κ3) is 8.30. The van der Waals surface area contributed by atoms with Gasteiger partial charge < -0.3 is 19.9 Å². The molecule has 0 aliphatic carbocycles. The van der Waals surface area contributed by atoms with Gasteiger partial charge in [0.25, 0.3) is 0 Å². The normalized spacial score (nSPS) is 16.0. The minimum Gasteiger partial charge on any atom is -0.492 e. The van der Waals surface area contributed by atoms with Crippen LogP contribution in [0.2, 0.25) is 0 Å². The highest BCUT2D eigenvalue weighted by molar-refractivity contribution is 5.70. The highest BCUT2D eigenvalue weighted by atomic mass is 16.6. The number of carbonyl (C=O) groups is 2. The molecular formula is C20H30N2O5. The number of benzene rings is 1. The number of piperidine rings is 1. The van der Waals surface area contributed by atoms with Gasteiger partial charge in [-0.15, -0.1) is 0 Å². The summed E-state index contributed by atoms with van der Waals surface area (Å²) in [5.41, 5.74) is 0.280. The van der Waals surface area contributed by atoms with E-state index in [1.54, 1.807) is 24.3 Å². The van der Waals surface area contributed by atoms with Crippen LogP contribution < -0.4 is 10.1 Å². The number of nitrogens with zero attached hydrogens (tertiary/aromatic N) is 1. The average molecular weight is 378 g/mol. The maximum absolute atomic E-state index is 11.8. The second kappa shape index (κ2) is 9.60. The zero-order chi connectivity index (χ0) is 19.9. The van der Waals surface area contributed by atoms with Crippen molar-refractivity contribution in [3.05, 3.63) is 29.8 Å². The van der Waals surface area contributed by atoms with Gasteiger partial charge in [0.2, 0.25) is 0 Å². The van der Waals surface area contributed by atoms with Crippen molar-refractivity contribution in [2.75, 3.05) is 26.2 Å². The van der Waals surface area contributed by atoms with Crippen molar-refractivity contribution >= 4 is 12.1 Å². The third-order valence-corrected chi connectivity index (χ3v) is 4.26. The van der Waals surface area contributed by atoms with Gasteiger partial charge in [0, 0.05) is 25.7 Å². The number of amides is 1. The number of carboxylic acid groups (broad SMARTS) is 1. The van der Waals surface area contributed by atoms with Crippen LogP contribution in [0.3, 0.4) is 0 Å². The van der Waals surface area contributed by atoms with E-state index in [0.29, 0.717) is 6.61 Å². The maximum Gasteiger partial charge on any atom is 0.407 e. The monoisotopic (exact) mass is 378 g/mol. The van der Waals surface area contributed by atoms with Crippen LogP contribution in [-0.2, 0) is 16.0 Å². The van der Waals surface area contributed by atoms with Crippen molar-refractivity contribution in [3.63, 3.8) is 0 Å². The molecule has 7 nitrogen and oxygen atoms in total. The molecule has 1 aromatic carbocycles. The summed E-state index contributed by atoms with van der Waals surface area (Å²) in [5, 5.41) is 11.7. The minimum absolute atomic E-state index is 0.0204. The molecule has 2 N–H and O–H groups in total. The summed E-state index contributed by atoms with van der Waals surface area (Å²) in [6.45, 7) is 8.76. The SMILES string of the molecule is CC(C)(C)OC(=O)NC1CCN(CCOc2ccc(CC(=O)O)cc2)CC1. The molecule has 0 aromatic heterocycles. The first-order chi connectivity index (χ1) is 12.7. The van der Waals surface area contributed by atoms with Gasteiger partial charge in [0.1, 0.15) is 18.0 Å². The quantitative estimate of drug-likeness (QED) is 0.758. The molecule has 2 rings (SSSR count). The molecule has 0 bridgehead atoms. The first kappa shape index (κ1) is 21.0. The molecule has 1 aliphatic heterocycles. The fraction of sp³-hybridized carbons (Fsp3) is 0.600. The van der Waals surface area contributed by atoms with Crippen LogP contribution in [0, 0.1) is 0 Å². The molecule has 0 unspecified atom stereocenters. The van der Waals surface area contributed by atoms with E-state index in [-0.39, 0.29) is 18.6 Å². The van der Waals surface area contributed by atoms with Crippen LogP contribution in [0.4, 0.5) is 4.79 Å². The fourth-order valence-corrected chi connectivity index (χ4v) is 2.95. The molecule has 0 saturated carbocycles. The van der Waals surface area contributed by atoms with Crippen molar-refractivity contribution in [2.45, 2.75) is 51.7 Å². The van der Waals surface area contributed by atoms with E-state index < -0.39 is 11.6 Å². The molecule has 0 atom stereocenters. The molecule has 7 heteroatoms. The van der Waals surface area contributed by atoms with Crippen molar-refractivity contribution in [1.82, 2.24) is 10.2 Å². The first-order valence-electron chi connectivity index (χ1n) is 9.37. The molecule has 0 radical (unpaired) electrons. The van der Waals surface area contributed by atoms with E-state index in [1.165, 1.54) is 0 Å². The van der Waals surface area contributed by atoms with Gasteiger partial charge in [-0.2, -0.15) is 0 Å². The van der Waals surface area contributed by atoms with Gasteiger partial charge in [0.05, 0.1) is 6.42 Å². The smallest absolute Gasteiger partial charge is 0.407 e. The number of hydrogen-bond acceptors (Lipinski definition) is 5. The van der Waals surface area contributed by atoms with Crippen molar-refractivity contribution in [3.8, 4) is 5.75 Å². The van der Waals surface area contributed by atoms with E-state index in [0.717, 1.165) is 43.8 Å². The van der Waals surface area contributed by atoms with Crippen LogP contribution in [0.15, 0.2) is 24.3 Å². The number of alkyl carbamates (subject to hydrolysis) is 1. The minimum atomic E-state index is -0.840. The predicted molar refractivity (Wildman–Crippen MR) is 102 cm³/mol. The van der Waals surface area contributed by atoms with Gasteiger partial charge in [-0.3, -0.25) is 9.69 Å². The Bertz CT molecular complexity index is 616. The van der Waals surface area contributed by atoms with Gasteiger partial charge in [-0.05, 0) is 51.3 Å². The maximum atomic E-state index is 11.8. The number of carboxylic acids is 1. The van der Waals surface area contributed by atoms with E-state index >= 15 is 0 Å². The van der Waals surface area contributed by atoms with E-state index in [4.69, 9.17) is 14.6 Å². The molecule has 1 aliphatic rings. The summed E-state index contributed by atoms with van der Waals surface area (Å²) in [6.07, 6.45) is 1.45. The lowest BCUT2D eigenvalue weighted by molar-refractivity contribution is -0.136. The van der Waals surface area contributed by atoms with Crippen molar-refractivity contribution in [1.29, 1.82) is 0 Å². The van der Waals surface area contributed by atoms with Crippen LogP contribution in [0.25, 0.3) is 0 Å². The predicted octanol–water partition coefficient (Wildman–Crippen LogP) is 2.68. The Labute approximate surface area is 160 Å². The summed E-state index contributed by atoms with van der Waals surface area (Å²) < 4.78 is 11.0. The second-order valence-electron chi connectivity index (χ2n) is 7.83. The topological polar surface area (TPSA) is 88.1 Å². The Kier molecular flexibility index (Phi) is 7.47. The molecule has 1 amide bonds. The molecule has 1 aromatic rings. The Hall–Kier alpha value is -2.28.